The van der Waals surface area contributed by atoms with E-state index in [2.05, 4.69) is 5.32 Å². The Morgan fingerprint density at radius 2 is 1.64 bits per heavy atom. The van der Waals surface area contributed by atoms with Gasteiger partial charge in [-0.05, 0) is 43.3 Å². The third-order valence-electron chi connectivity index (χ3n) is 3.69. The highest BCUT2D eigenvalue weighted by molar-refractivity contribution is 5.84. The largest absolute Gasteiger partial charge is 0.497 e. The molecule has 28 heavy (non-hydrogen) atoms. The summed E-state index contributed by atoms with van der Waals surface area (Å²) in [6.07, 6.45) is -4.46. The summed E-state index contributed by atoms with van der Waals surface area (Å²) in [5.41, 5.74) is 0.485. The van der Waals surface area contributed by atoms with E-state index in [1.165, 1.54) is 14.0 Å². The second-order valence-electron chi connectivity index (χ2n) is 5.84. The number of methoxy groups -OCH3 is 2. The van der Waals surface area contributed by atoms with Crippen molar-refractivity contribution in [2.24, 2.45) is 0 Å². The quantitative estimate of drug-likeness (QED) is 0.704. The summed E-state index contributed by atoms with van der Waals surface area (Å²) in [5.74, 6) is 1.27. The van der Waals surface area contributed by atoms with Crippen LogP contribution in [0.1, 0.15) is 6.92 Å². The van der Waals surface area contributed by atoms with Gasteiger partial charge in [0.25, 0.3) is 0 Å². The Bertz CT molecular complexity index is 795. The van der Waals surface area contributed by atoms with Gasteiger partial charge in [0.2, 0.25) is 5.91 Å². The molecule has 0 saturated carbocycles. The number of benzene rings is 2. The van der Waals surface area contributed by atoms with Gasteiger partial charge in [-0.2, -0.15) is 13.2 Å². The molecule has 0 aliphatic heterocycles. The Hall–Kier alpha value is -3.10. The molecule has 0 fully saturated rings. The molecule has 0 aliphatic rings. The maximum atomic E-state index is 12.2. The number of amides is 1. The summed E-state index contributed by atoms with van der Waals surface area (Å²) in [4.78, 5) is 11.8. The first-order valence-corrected chi connectivity index (χ1v) is 8.33. The summed E-state index contributed by atoms with van der Waals surface area (Å²) in [6, 6.07) is 10.9. The van der Waals surface area contributed by atoms with Crippen molar-refractivity contribution in [3.63, 3.8) is 0 Å². The third kappa shape index (κ3) is 6.26. The van der Waals surface area contributed by atoms with Crippen LogP contribution in [0.3, 0.4) is 0 Å². The van der Waals surface area contributed by atoms with E-state index in [1.54, 1.807) is 49.6 Å². The molecule has 2 rings (SSSR count). The van der Waals surface area contributed by atoms with E-state index >= 15 is 0 Å². The molecule has 0 aliphatic carbocycles. The minimum atomic E-state index is -4.46. The lowest BCUT2D eigenvalue weighted by Crippen LogP contribution is -2.42. The maximum absolute atomic E-state index is 12.2. The molecule has 0 bridgehead atoms. The molecule has 0 heterocycles. The van der Waals surface area contributed by atoms with E-state index in [0.29, 0.717) is 28.7 Å². The fourth-order valence-corrected chi connectivity index (χ4v) is 2.27. The second kappa shape index (κ2) is 9.20. The molecule has 1 amide bonds. The number of alkyl halides is 3. The van der Waals surface area contributed by atoms with Crippen LogP contribution in [-0.4, -0.2) is 38.9 Å². The van der Waals surface area contributed by atoms with Gasteiger partial charge < -0.3 is 24.8 Å². The first-order chi connectivity index (χ1) is 13.2. The van der Waals surface area contributed by atoms with E-state index < -0.39 is 24.7 Å². The zero-order valence-electron chi connectivity index (χ0n) is 15.6. The fourth-order valence-electron chi connectivity index (χ4n) is 2.27. The average Bonchev–Trinajstić information content (AvgIpc) is 2.66. The van der Waals surface area contributed by atoms with Crippen molar-refractivity contribution < 1.29 is 32.2 Å². The Morgan fingerprint density at radius 1 is 1.00 bits per heavy atom. The summed E-state index contributed by atoms with van der Waals surface area (Å²) < 4.78 is 52.8. The van der Waals surface area contributed by atoms with Crippen LogP contribution in [0.25, 0.3) is 0 Å². The van der Waals surface area contributed by atoms with E-state index in [9.17, 15) is 18.0 Å². The summed E-state index contributed by atoms with van der Waals surface area (Å²) in [5, 5.41) is 4.67. The van der Waals surface area contributed by atoms with Crippen LogP contribution in [0.2, 0.25) is 0 Å². The molecule has 2 N–H and O–H groups in total. The van der Waals surface area contributed by atoms with Crippen molar-refractivity contribution >= 4 is 11.6 Å². The number of hydrogen-bond donors (Lipinski definition) is 2. The number of halogens is 3. The minimum Gasteiger partial charge on any atom is -0.497 e. The van der Waals surface area contributed by atoms with Gasteiger partial charge in [-0.1, -0.05) is 0 Å². The lowest BCUT2D eigenvalue weighted by atomic mass is 10.2. The second-order valence-corrected chi connectivity index (χ2v) is 5.84. The van der Waals surface area contributed by atoms with E-state index in [0.717, 1.165) is 0 Å². The predicted molar refractivity (Wildman–Crippen MR) is 98.2 cm³/mol. The van der Waals surface area contributed by atoms with Gasteiger partial charge in [0, 0.05) is 11.8 Å². The SMILES string of the molecule is COc1ccc(Oc2cc(NC(C)C(=O)NCC(F)(F)F)ccc2OC)cc1. The first kappa shape index (κ1) is 21.2. The summed E-state index contributed by atoms with van der Waals surface area (Å²) in [7, 11) is 3.04. The molecule has 1 unspecified atom stereocenters. The monoisotopic (exact) mass is 398 g/mol. The zero-order chi connectivity index (χ0) is 20.7. The molecule has 6 nitrogen and oxygen atoms in total. The number of rotatable bonds is 8. The standard InChI is InChI=1S/C19H21F3N2O4/c1-12(18(25)23-11-19(20,21)22)24-13-4-9-16(27-3)17(10-13)28-15-7-5-14(26-2)6-8-15/h4-10,12,24H,11H2,1-3H3,(H,23,25). The van der Waals surface area contributed by atoms with Crippen molar-refractivity contribution in [2.45, 2.75) is 19.1 Å². The van der Waals surface area contributed by atoms with Crippen molar-refractivity contribution in [2.75, 3.05) is 26.1 Å². The molecule has 2 aromatic carbocycles. The van der Waals surface area contributed by atoms with Crippen LogP contribution in [0.4, 0.5) is 18.9 Å². The molecule has 9 heteroatoms. The normalized spacial score (nSPS) is 12.1. The fraction of sp³-hybridized carbons (Fsp3) is 0.316. The Kier molecular flexibility index (Phi) is 6.97. The number of carbonyl (C=O) groups excluding carboxylic acids is 1. The van der Waals surface area contributed by atoms with Crippen LogP contribution in [0, 0.1) is 0 Å². The Balaban J connectivity index is 2.09. The summed E-state index contributed by atoms with van der Waals surface area (Å²) >= 11 is 0. The van der Waals surface area contributed by atoms with Crippen LogP contribution < -0.4 is 24.8 Å². The Morgan fingerprint density at radius 3 is 2.21 bits per heavy atom. The Labute approximate surface area is 160 Å². The van der Waals surface area contributed by atoms with Gasteiger partial charge >= 0.3 is 6.18 Å². The minimum absolute atomic E-state index is 0.376. The van der Waals surface area contributed by atoms with Crippen molar-refractivity contribution in [3.8, 4) is 23.0 Å². The van der Waals surface area contributed by atoms with E-state index in [-0.39, 0.29) is 0 Å². The predicted octanol–water partition coefficient (Wildman–Crippen LogP) is 3.98. The van der Waals surface area contributed by atoms with Crippen molar-refractivity contribution in [3.05, 3.63) is 42.5 Å². The van der Waals surface area contributed by atoms with Crippen LogP contribution in [-0.2, 0) is 4.79 Å². The highest BCUT2D eigenvalue weighted by Crippen LogP contribution is 2.34. The number of carbonyl (C=O) groups is 1. The first-order valence-electron chi connectivity index (χ1n) is 8.33. The number of hydrogen-bond acceptors (Lipinski definition) is 5. The average molecular weight is 398 g/mol. The lowest BCUT2D eigenvalue weighted by molar-refractivity contribution is -0.138. The molecular weight excluding hydrogens is 377 g/mol. The van der Waals surface area contributed by atoms with E-state index in [1.807, 2.05) is 5.32 Å². The zero-order valence-corrected chi connectivity index (χ0v) is 15.6. The van der Waals surface area contributed by atoms with Crippen LogP contribution in [0.15, 0.2) is 42.5 Å². The highest BCUT2D eigenvalue weighted by atomic mass is 19.4. The van der Waals surface area contributed by atoms with Crippen molar-refractivity contribution in [1.29, 1.82) is 0 Å². The molecule has 1 atom stereocenters. The van der Waals surface area contributed by atoms with Gasteiger partial charge in [-0.3, -0.25) is 4.79 Å². The topological polar surface area (TPSA) is 68.8 Å². The van der Waals surface area contributed by atoms with Crippen LogP contribution >= 0.6 is 0 Å². The molecule has 0 spiro atoms. The van der Waals surface area contributed by atoms with Gasteiger partial charge in [0.05, 0.1) is 14.2 Å². The number of ether oxygens (including phenoxy) is 3. The van der Waals surface area contributed by atoms with Crippen molar-refractivity contribution in [1.82, 2.24) is 5.32 Å². The molecule has 0 aromatic heterocycles. The van der Waals surface area contributed by atoms with Gasteiger partial charge in [-0.25, -0.2) is 0 Å². The lowest BCUT2D eigenvalue weighted by Gasteiger charge is -2.18. The molecular formula is C19H21F3N2O4. The highest BCUT2D eigenvalue weighted by Gasteiger charge is 2.28. The molecule has 0 saturated heterocycles. The molecule has 152 valence electrons. The van der Waals surface area contributed by atoms with Gasteiger partial charge in [-0.15, -0.1) is 0 Å². The number of nitrogens with one attached hydrogen (secondary N) is 2. The number of anilines is 1. The van der Waals surface area contributed by atoms with Crippen LogP contribution in [0.5, 0.6) is 23.0 Å². The molecule has 0 radical (unpaired) electrons. The summed E-state index contributed by atoms with van der Waals surface area (Å²) in [6.45, 7) is 0.0756. The molecule has 2 aromatic rings. The van der Waals surface area contributed by atoms with Gasteiger partial charge in [0.1, 0.15) is 24.1 Å². The smallest absolute Gasteiger partial charge is 0.405 e. The van der Waals surface area contributed by atoms with E-state index in [4.69, 9.17) is 14.2 Å². The third-order valence-corrected chi connectivity index (χ3v) is 3.69. The van der Waals surface area contributed by atoms with Gasteiger partial charge in [0.15, 0.2) is 11.5 Å². The maximum Gasteiger partial charge on any atom is 0.405 e.